The first-order valence-electron chi connectivity index (χ1n) is 21.4. The summed E-state index contributed by atoms with van der Waals surface area (Å²) in [7, 11) is 0. The number of benzene rings is 2. The van der Waals surface area contributed by atoms with Crippen LogP contribution in [0.1, 0.15) is 70.1 Å². The summed E-state index contributed by atoms with van der Waals surface area (Å²) in [6, 6.07) is 6.92. The smallest absolute Gasteiger partial charge is 0.254 e. The van der Waals surface area contributed by atoms with E-state index in [1.54, 1.807) is 48.5 Å². The molecule has 1 heterocycles. The van der Waals surface area contributed by atoms with Gasteiger partial charge in [0.05, 0.1) is 6.10 Å². The van der Waals surface area contributed by atoms with E-state index in [0.29, 0.717) is 5.56 Å². The van der Waals surface area contributed by atoms with Crippen LogP contribution in [0.25, 0.3) is 0 Å². The first kappa shape index (κ1) is 52.3. The molecule has 64 heavy (non-hydrogen) atoms. The van der Waals surface area contributed by atoms with Crippen LogP contribution >= 0.6 is 0 Å². The Balaban J connectivity index is 2.11. The molecular formula is C43H65N11O10. The van der Waals surface area contributed by atoms with Gasteiger partial charge in [-0.05, 0) is 75.7 Å². The van der Waals surface area contributed by atoms with Gasteiger partial charge in [-0.25, -0.2) is 0 Å². The quantitative estimate of drug-likeness (QED) is 0.0872. The van der Waals surface area contributed by atoms with Crippen LogP contribution in [0.3, 0.4) is 0 Å². The van der Waals surface area contributed by atoms with E-state index in [1.165, 1.54) is 19.1 Å². The molecule has 1 fully saturated rings. The van der Waals surface area contributed by atoms with E-state index in [2.05, 4.69) is 42.5 Å². The van der Waals surface area contributed by atoms with E-state index < -0.39 is 102 Å². The number of nitrogens with two attached hydrogens (primary N) is 3. The molecule has 21 nitrogen and oxygen atoms in total. The third-order valence-electron chi connectivity index (χ3n) is 10.3. The van der Waals surface area contributed by atoms with Gasteiger partial charge in [-0.15, -0.1) is 0 Å². The molecule has 2 aromatic rings. The molecular weight excluding hydrogens is 831 g/mol. The number of hydrogen-bond donors (Lipinski definition) is 13. The summed E-state index contributed by atoms with van der Waals surface area (Å²) in [6.45, 7) is 4.24. The molecule has 0 aliphatic carbocycles. The Bertz CT molecular complexity index is 1870. The monoisotopic (exact) mass is 895 g/mol. The van der Waals surface area contributed by atoms with Gasteiger partial charge in [0.1, 0.15) is 42.3 Å². The second kappa shape index (κ2) is 26.6. The molecule has 16 N–H and O–H groups in total. The molecule has 0 radical (unpaired) electrons. The molecule has 0 saturated carbocycles. The summed E-state index contributed by atoms with van der Waals surface area (Å²) in [6.07, 6.45) is -3.81. The van der Waals surface area contributed by atoms with Gasteiger partial charge in [-0.2, -0.15) is 0 Å². The van der Waals surface area contributed by atoms with Crippen molar-refractivity contribution in [2.45, 2.75) is 114 Å². The van der Waals surface area contributed by atoms with Crippen molar-refractivity contribution in [3.8, 4) is 0 Å². The average molecular weight is 896 g/mol. The van der Waals surface area contributed by atoms with Gasteiger partial charge < -0.3 is 69.9 Å². The summed E-state index contributed by atoms with van der Waals surface area (Å²) >= 11 is 0. The van der Waals surface area contributed by atoms with Crippen LogP contribution in [0.5, 0.6) is 0 Å². The lowest BCUT2D eigenvalue weighted by atomic mass is 10.00. The van der Waals surface area contributed by atoms with Crippen LogP contribution in [0.2, 0.25) is 0 Å². The molecule has 2 aromatic carbocycles. The van der Waals surface area contributed by atoms with E-state index in [4.69, 9.17) is 17.2 Å². The fourth-order valence-electron chi connectivity index (χ4n) is 6.84. The normalized spacial score (nSPS) is 24.7. The lowest BCUT2D eigenvalue weighted by Crippen LogP contribution is -2.61. The second-order valence-electron chi connectivity index (χ2n) is 16.0. The van der Waals surface area contributed by atoms with Crippen molar-refractivity contribution in [1.29, 1.82) is 0 Å². The molecule has 0 spiro atoms. The van der Waals surface area contributed by atoms with Crippen LogP contribution < -0.4 is 59.7 Å². The van der Waals surface area contributed by atoms with Crippen molar-refractivity contribution in [3.63, 3.8) is 0 Å². The lowest BCUT2D eigenvalue weighted by molar-refractivity contribution is -0.136. The zero-order chi connectivity index (χ0) is 47.3. The van der Waals surface area contributed by atoms with E-state index in [1.807, 2.05) is 13.8 Å². The highest BCUT2D eigenvalue weighted by molar-refractivity contribution is 5.98. The van der Waals surface area contributed by atoms with Gasteiger partial charge in [0.2, 0.25) is 41.4 Å². The molecule has 0 bridgehead atoms. The van der Waals surface area contributed by atoms with Crippen LogP contribution in [0.15, 0.2) is 60.7 Å². The minimum Gasteiger partial charge on any atom is -0.391 e. The third kappa shape index (κ3) is 16.6. The Morgan fingerprint density at radius 3 is 1.55 bits per heavy atom. The minimum atomic E-state index is -1.72. The highest BCUT2D eigenvalue weighted by atomic mass is 16.3. The largest absolute Gasteiger partial charge is 0.391 e. The van der Waals surface area contributed by atoms with E-state index in [9.17, 15) is 48.6 Å². The zero-order valence-corrected chi connectivity index (χ0v) is 36.5. The number of rotatable bonds is 14. The van der Waals surface area contributed by atoms with Crippen molar-refractivity contribution in [3.05, 3.63) is 71.8 Å². The predicted octanol–water partition coefficient (Wildman–Crippen LogP) is -3.65. The number of aliphatic hydroxyl groups excluding tert-OH is 2. The van der Waals surface area contributed by atoms with Gasteiger partial charge in [0.25, 0.3) is 5.91 Å². The fraction of sp³-hybridized carbons (Fsp3) is 0.535. The van der Waals surface area contributed by atoms with Crippen molar-refractivity contribution in [2.24, 2.45) is 23.1 Å². The molecule has 352 valence electrons. The van der Waals surface area contributed by atoms with E-state index in [0.717, 1.165) is 0 Å². The van der Waals surface area contributed by atoms with E-state index in [-0.39, 0.29) is 76.2 Å². The van der Waals surface area contributed by atoms with Crippen molar-refractivity contribution < 1.29 is 48.6 Å². The summed E-state index contributed by atoms with van der Waals surface area (Å²) in [4.78, 5) is 110. The average Bonchev–Trinajstić information content (AvgIpc) is 3.26. The van der Waals surface area contributed by atoms with E-state index >= 15 is 0 Å². The summed E-state index contributed by atoms with van der Waals surface area (Å²) in [5.74, 6) is -7.03. The molecule has 8 amide bonds. The van der Waals surface area contributed by atoms with Crippen molar-refractivity contribution >= 4 is 47.3 Å². The first-order chi connectivity index (χ1) is 30.5. The topological polar surface area (TPSA) is 351 Å². The van der Waals surface area contributed by atoms with Crippen LogP contribution in [-0.2, 0) is 44.8 Å². The van der Waals surface area contributed by atoms with Crippen LogP contribution in [0.4, 0.5) is 0 Å². The molecule has 0 unspecified atom stereocenters. The summed E-state index contributed by atoms with van der Waals surface area (Å²) in [5.41, 5.74) is 18.3. The Morgan fingerprint density at radius 2 is 1.05 bits per heavy atom. The maximum atomic E-state index is 14.2. The van der Waals surface area contributed by atoms with Gasteiger partial charge in [0, 0.05) is 13.0 Å². The number of aliphatic hydroxyl groups is 2. The Morgan fingerprint density at radius 1 is 0.609 bits per heavy atom. The molecule has 1 saturated heterocycles. The summed E-state index contributed by atoms with van der Waals surface area (Å²) in [5, 5.41) is 42.0. The predicted molar refractivity (Wildman–Crippen MR) is 235 cm³/mol. The Labute approximate surface area is 372 Å². The lowest BCUT2D eigenvalue weighted by Gasteiger charge is -2.28. The first-order valence-corrected chi connectivity index (χ1v) is 21.4. The van der Waals surface area contributed by atoms with Gasteiger partial charge in [0.15, 0.2) is 6.10 Å². The Kier molecular flexibility index (Phi) is 21.7. The number of carbonyl (C=O) groups excluding carboxylic acids is 8. The minimum absolute atomic E-state index is 0.0519. The molecule has 0 aromatic heterocycles. The molecule has 3 rings (SSSR count). The van der Waals surface area contributed by atoms with Crippen LogP contribution in [-0.4, -0.2) is 132 Å². The van der Waals surface area contributed by atoms with Crippen molar-refractivity contribution in [2.75, 3.05) is 26.2 Å². The van der Waals surface area contributed by atoms with Crippen LogP contribution in [0, 0.1) is 5.92 Å². The maximum Gasteiger partial charge on any atom is 0.254 e. The number of carbonyl (C=O) groups is 8. The SMILES string of the molecule is CC(C)C[C@@H]1NC(=O)[C@@H](Cc2ccccc2)NC(=O)[C@H](CCN)NC(=O)[C@@H](NC(=O)[C@@H](O)c2ccccc2)CCNC(=O)[C@H]([C@@H](C)O)NC(=O)[C@H](CCN)NC(=O)[C@H](CCN)NC1=O. The van der Waals surface area contributed by atoms with Gasteiger partial charge >= 0.3 is 0 Å². The molecule has 9 atom stereocenters. The molecule has 21 heteroatoms. The summed E-state index contributed by atoms with van der Waals surface area (Å²) < 4.78 is 0. The molecule has 1 aliphatic heterocycles. The number of nitrogens with one attached hydrogen (secondary N) is 8. The maximum absolute atomic E-state index is 14.2. The zero-order valence-electron chi connectivity index (χ0n) is 36.5. The second-order valence-corrected chi connectivity index (χ2v) is 16.0. The Hall–Kier alpha value is -6.00. The van der Waals surface area contributed by atoms with Crippen molar-refractivity contribution in [1.82, 2.24) is 42.5 Å². The molecule has 1 aliphatic rings. The highest BCUT2D eigenvalue weighted by Gasteiger charge is 2.35. The fourth-order valence-corrected chi connectivity index (χ4v) is 6.84. The van der Waals surface area contributed by atoms with Gasteiger partial charge in [-0.1, -0.05) is 74.5 Å². The number of hydrogen-bond acceptors (Lipinski definition) is 13. The van der Waals surface area contributed by atoms with Gasteiger partial charge in [-0.3, -0.25) is 38.4 Å². The third-order valence-corrected chi connectivity index (χ3v) is 10.3. The standard InChI is InChI=1S/C43H65N11O10/c1-24(2)22-32-40(61)50-28(14-18-44)36(57)49-30(16-20-46)39(60)54-34(25(3)55)42(63)47-21-17-31(51-43(64)35(56)27-12-8-5-9-13-27)38(59)48-29(15-19-45)37(58)53-33(41(62)52-32)23-26-10-6-4-7-11-26/h4-13,24-25,28-35,55-56H,14-23,44-46H2,1-3H3,(H,47,63)(H,48,59)(H,49,57)(H,50,61)(H,51,64)(H,52,62)(H,53,58)(H,54,60)/t25-,28+,29+,30+,31+,32+,33-,34+,35+/m1/s1. The number of amides is 8. The highest BCUT2D eigenvalue weighted by Crippen LogP contribution is 2.14.